The summed E-state index contributed by atoms with van der Waals surface area (Å²) in [5.41, 5.74) is 5.30. The molecule has 0 saturated heterocycles. The van der Waals surface area contributed by atoms with Crippen molar-refractivity contribution in [3.8, 4) is 0 Å². The zero-order valence-corrected chi connectivity index (χ0v) is 11.9. The summed E-state index contributed by atoms with van der Waals surface area (Å²) >= 11 is 0. The van der Waals surface area contributed by atoms with Gasteiger partial charge in [0.05, 0.1) is 5.41 Å². The van der Waals surface area contributed by atoms with Crippen LogP contribution in [-0.2, 0) is 9.59 Å². The number of aliphatic carboxylic acids is 1. The number of carboxylic acids is 1. The van der Waals surface area contributed by atoms with E-state index >= 15 is 0 Å². The Labute approximate surface area is 114 Å². The lowest BCUT2D eigenvalue weighted by Gasteiger charge is -2.39. The van der Waals surface area contributed by atoms with Gasteiger partial charge in [-0.05, 0) is 31.1 Å². The van der Waals surface area contributed by atoms with Crippen LogP contribution in [-0.4, -0.2) is 30.1 Å². The third-order valence-corrected chi connectivity index (χ3v) is 4.00. The van der Waals surface area contributed by atoms with Crippen LogP contribution in [0.1, 0.15) is 46.0 Å². The molecule has 1 aliphatic rings. The van der Waals surface area contributed by atoms with E-state index in [4.69, 9.17) is 10.8 Å². The quantitative estimate of drug-likeness (QED) is 0.621. The Bertz CT molecular complexity index is 319. The molecule has 1 rings (SSSR count). The number of amides is 1. The molecule has 5 heteroatoms. The van der Waals surface area contributed by atoms with Gasteiger partial charge in [-0.25, -0.2) is 0 Å². The van der Waals surface area contributed by atoms with Crippen molar-refractivity contribution in [3.05, 3.63) is 0 Å². The molecule has 1 saturated carbocycles. The molecule has 1 aliphatic carbocycles. The van der Waals surface area contributed by atoms with Crippen molar-refractivity contribution in [1.29, 1.82) is 0 Å². The maximum absolute atomic E-state index is 12.1. The van der Waals surface area contributed by atoms with E-state index in [1.54, 1.807) is 0 Å². The van der Waals surface area contributed by atoms with Crippen LogP contribution in [0, 0.1) is 17.3 Å². The van der Waals surface area contributed by atoms with Gasteiger partial charge in [-0.3, -0.25) is 9.59 Å². The molecular formula is C14H26N2O3. The van der Waals surface area contributed by atoms with Gasteiger partial charge in [-0.2, -0.15) is 0 Å². The Morgan fingerprint density at radius 2 is 2.00 bits per heavy atom. The minimum Gasteiger partial charge on any atom is -0.481 e. The SMILES string of the molecule is CC(C)C[C@H](CNC(=O)C1(CN)CCC1)CC(=O)O. The average Bonchev–Trinajstić information content (AvgIpc) is 2.23. The predicted octanol–water partition coefficient (Wildman–Crippen LogP) is 1.37. The predicted molar refractivity (Wildman–Crippen MR) is 73.5 cm³/mol. The van der Waals surface area contributed by atoms with Crippen molar-refractivity contribution < 1.29 is 14.7 Å². The molecule has 0 bridgehead atoms. The Morgan fingerprint density at radius 1 is 1.37 bits per heavy atom. The molecule has 0 unspecified atom stereocenters. The highest BCUT2D eigenvalue weighted by atomic mass is 16.4. The molecule has 1 fully saturated rings. The Balaban J connectivity index is 2.46. The second kappa shape index (κ2) is 6.89. The number of rotatable bonds is 8. The van der Waals surface area contributed by atoms with Gasteiger partial charge in [0.2, 0.25) is 5.91 Å². The summed E-state index contributed by atoms with van der Waals surface area (Å²) in [6, 6.07) is 0. The van der Waals surface area contributed by atoms with E-state index in [0.29, 0.717) is 19.0 Å². The second-order valence-electron chi connectivity index (χ2n) is 6.14. The van der Waals surface area contributed by atoms with Crippen LogP contribution in [0.2, 0.25) is 0 Å². The summed E-state index contributed by atoms with van der Waals surface area (Å²) in [5.74, 6) is -0.387. The number of carbonyl (C=O) groups excluding carboxylic acids is 1. The Hall–Kier alpha value is -1.10. The molecular weight excluding hydrogens is 244 g/mol. The van der Waals surface area contributed by atoms with Gasteiger partial charge in [0.15, 0.2) is 0 Å². The summed E-state index contributed by atoms with van der Waals surface area (Å²) in [6.07, 6.45) is 3.66. The van der Waals surface area contributed by atoms with Crippen LogP contribution in [0.5, 0.6) is 0 Å². The van der Waals surface area contributed by atoms with Crippen LogP contribution < -0.4 is 11.1 Å². The van der Waals surface area contributed by atoms with Gasteiger partial charge in [0.25, 0.3) is 0 Å². The van der Waals surface area contributed by atoms with E-state index in [2.05, 4.69) is 19.2 Å². The first-order valence-electron chi connectivity index (χ1n) is 7.10. The standard InChI is InChI=1S/C14H26N2O3/c1-10(2)6-11(7-12(17)18)8-16-13(19)14(9-15)4-3-5-14/h10-11H,3-9,15H2,1-2H3,(H,16,19)(H,17,18)/t11-/m0/s1. The Kier molecular flexibility index (Phi) is 5.79. The summed E-state index contributed by atoms with van der Waals surface area (Å²) in [6.45, 7) is 4.94. The minimum atomic E-state index is -0.808. The van der Waals surface area contributed by atoms with Gasteiger partial charge in [-0.15, -0.1) is 0 Å². The summed E-state index contributed by atoms with van der Waals surface area (Å²) < 4.78 is 0. The largest absolute Gasteiger partial charge is 0.481 e. The highest BCUT2D eigenvalue weighted by molar-refractivity contribution is 5.83. The number of hydrogen-bond donors (Lipinski definition) is 3. The van der Waals surface area contributed by atoms with E-state index < -0.39 is 5.97 Å². The molecule has 110 valence electrons. The van der Waals surface area contributed by atoms with Crippen molar-refractivity contribution in [2.24, 2.45) is 23.0 Å². The van der Waals surface area contributed by atoms with E-state index in [0.717, 1.165) is 25.7 Å². The monoisotopic (exact) mass is 270 g/mol. The second-order valence-corrected chi connectivity index (χ2v) is 6.14. The molecule has 19 heavy (non-hydrogen) atoms. The number of nitrogens with one attached hydrogen (secondary N) is 1. The molecule has 5 nitrogen and oxygen atoms in total. The molecule has 0 spiro atoms. The fraction of sp³-hybridized carbons (Fsp3) is 0.857. The maximum atomic E-state index is 12.1. The van der Waals surface area contributed by atoms with Crippen LogP contribution in [0.15, 0.2) is 0 Å². The van der Waals surface area contributed by atoms with Crippen LogP contribution in [0.3, 0.4) is 0 Å². The number of carbonyl (C=O) groups is 2. The molecule has 0 aromatic carbocycles. The highest BCUT2D eigenvalue weighted by Gasteiger charge is 2.42. The first-order chi connectivity index (χ1) is 8.89. The van der Waals surface area contributed by atoms with Gasteiger partial charge in [-0.1, -0.05) is 20.3 Å². The van der Waals surface area contributed by atoms with Crippen molar-refractivity contribution in [2.75, 3.05) is 13.1 Å². The van der Waals surface area contributed by atoms with Gasteiger partial charge >= 0.3 is 5.97 Å². The third kappa shape index (κ3) is 4.49. The number of nitrogens with two attached hydrogens (primary N) is 1. The summed E-state index contributed by atoms with van der Waals surface area (Å²) in [4.78, 5) is 22.9. The summed E-state index contributed by atoms with van der Waals surface area (Å²) in [7, 11) is 0. The van der Waals surface area contributed by atoms with Gasteiger partial charge < -0.3 is 16.2 Å². The lowest BCUT2D eigenvalue weighted by atomic mass is 9.68. The summed E-state index contributed by atoms with van der Waals surface area (Å²) in [5, 5.41) is 11.8. The molecule has 0 aliphatic heterocycles. The zero-order chi connectivity index (χ0) is 14.5. The van der Waals surface area contributed by atoms with Crippen LogP contribution in [0.25, 0.3) is 0 Å². The van der Waals surface area contributed by atoms with Crippen molar-refractivity contribution in [3.63, 3.8) is 0 Å². The molecule has 1 amide bonds. The number of hydrogen-bond acceptors (Lipinski definition) is 3. The molecule has 0 heterocycles. The molecule has 4 N–H and O–H groups in total. The Morgan fingerprint density at radius 3 is 2.37 bits per heavy atom. The van der Waals surface area contributed by atoms with E-state index in [-0.39, 0.29) is 23.7 Å². The van der Waals surface area contributed by atoms with Crippen molar-refractivity contribution >= 4 is 11.9 Å². The van der Waals surface area contributed by atoms with E-state index in [9.17, 15) is 9.59 Å². The van der Waals surface area contributed by atoms with Gasteiger partial charge in [0, 0.05) is 19.5 Å². The average molecular weight is 270 g/mol. The molecule has 0 aromatic heterocycles. The van der Waals surface area contributed by atoms with E-state index in [1.807, 2.05) is 0 Å². The first kappa shape index (κ1) is 16.0. The lowest BCUT2D eigenvalue weighted by Crippen LogP contribution is -2.51. The van der Waals surface area contributed by atoms with E-state index in [1.165, 1.54) is 0 Å². The number of carboxylic acid groups (broad SMARTS) is 1. The zero-order valence-electron chi connectivity index (χ0n) is 11.9. The third-order valence-electron chi connectivity index (χ3n) is 4.00. The topological polar surface area (TPSA) is 92.4 Å². The molecule has 0 aromatic rings. The molecule has 1 atom stereocenters. The lowest BCUT2D eigenvalue weighted by molar-refractivity contribution is -0.139. The van der Waals surface area contributed by atoms with Gasteiger partial charge in [0.1, 0.15) is 0 Å². The smallest absolute Gasteiger partial charge is 0.303 e. The first-order valence-corrected chi connectivity index (χ1v) is 7.10. The highest BCUT2D eigenvalue weighted by Crippen LogP contribution is 2.40. The van der Waals surface area contributed by atoms with Crippen molar-refractivity contribution in [1.82, 2.24) is 5.32 Å². The minimum absolute atomic E-state index is 0.000366. The maximum Gasteiger partial charge on any atom is 0.303 e. The fourth-order valence-corrected chi connectivity index (χ4v) is 2.70. The van der Waals surface area contributed by atoms with Crippen molar-refractivity contribution in [2.45, 2.75) is 46.0 Å². The molecule has 0 radical (unpaired) electrons. The van der Waals surface area contributed by atoms with Crippen LogP contribution in [0.4, 0.5) is 0 Å². The normalized spacial score (nSPS) is 18.7. The van der Waals surface area contributed by atoms with Crippen LogP contribution >= 0.6 is 0 Å². The fourth-order valence-electron chi connectivity index (χ4n) is 2.70.